The second-order valence-corrected chi connectivity index (χ2v) is 3.35. The van der Waals surface area contributed by atoms with E-state index in [0.717, 1.165) is 6.54 Å². The van der Waals surface area contributed by atoms with Crippen LogP contribution in [0.25, 0.3) is 3.83 Å². The Morgan fingerprint density at radius 2 is 2.40 bits per heavy atom. The van der Waals surface area contributed by atoms with Gasteiger partial charge in [-0.05, 0) is 0 Å². The van der Waals surface area contributed by atoms with Gasteiger partial charge in [0.05, 0.1) is 0 Å². The summed E-state index contributed by atoms with van der Waals surface area (Å²) in [6.45, 7) is 1.59. The van der Waals surface area contributed by atoms with Crippen LogP contribution < -0.4 is 0 Å². The van der Waals surface area contributed by atoms with Crippen molar-refractivity contribution in [3.8, 4) is 0 Å². The normalized spacial score (nSPS) is 8.30. The molecule has 0 aromatic heterocycles. The summed E-state index contributed by atoms with van der Waals surface area (Å²) in [4.78, 5) is 2.03. The molecule has 5 nitrogen and oxygen atoms in total. The fraction of sp³-hybridized carbons (Fsp3) is 1.00. The van der Waals surface area contributed by atoms with Crippen molar-refractivity contribution in [1.82, 2.24) is 4.90 Å². The van der Waals surface area contributed by atoms with Crippen molar-refractivity contribution in [3.63, 3.8) is 0 Å². The molecule has 0 amide bonds. The van der Waals surface area contributed by atoms with Crippen molar-refractivity contribution in [2.75, 3.05) is 27.2 Å². The quantitative estimate of drug-likeness (QED) is 0.313. The van der Waals surface area contributed by atoms with Crippen LogP contribution >= 0.6 is 0 Å². The molecule has 0 bridgehead atoms. The molecule has 0 aliphatic heterocycles. The number of nitrogens with zero attached hydrogens (tertiary/aromatic N) is 3. The number of hydrogen-bond acceptors (Lipinski definition) is 4. The number of nitrogens with one attached hydrogen (secondary N) is 1. The third-order valence-electron chi connectivity index (χ3n) is 0.796. The number of hydrogen-bond donors (Lipinski definition) is 1. The molecular weight excluding hydrogens is 193 g/mol. The monoisotopic (exact) mass is 205 g/mol. The van der Waals surface area contributed by atoms with Crippen LogP contribution in [-0.4, -0.2) is 47.5 Å². The molecule has 0 aromatic carbocycles. The van der Waals surface area contributed by atoms with Gasteiger partial charge in [-0.1, -0.05) is 0 Å². The third kappa shape index (κ3) is 7.61. The molecule has 0 fully saturated rings. The van der Waals surface area contributed by atoms with E-state index in [0.29, 0.717) is 6.61 Å². The molecule has 0 heterocycles. The Labute approximate surface area is 66.5 Å². The van der Waals surface area contributed by atoms with E-state index in [-0.39, 0.29) is 0 Å². The zero-order valence-corrected chi connectivity index (χ0v) is 8.26. The Morgan fingerprint density at radius 3 is 2.90 bits per heavy atom. The predicted molar refractivity (Wildman–Crippen MR) is 38.8 cm³/mol. The summed E-state index contributed by atoms with van der Waals surface area (Å²) < 4.78 is 8.53. The number of rotatable bonds is 3. The Kier molecular flexibility index (Phi) is 6.47. The van der Waals surface area contributed by atoms with Crippen LogP contribution in [-0.2, 0) is 3.76 Å². The standard InChI is InChI=1S/C4H11GeN4O/c1-9(2)3-4-10-5-7-8-6/h6H,3-4H2,1-2H3/q+1. The zero-order valence-electron chi connectivity index (χ0n) is 6.16. The van der Waals surface area contributed by atoms with E-state index < -0.39 is 15.4 Å². The van der Waals surface area contributed by atoms with Crippen molar-refractivity contribution in [2.45, 2.75) is 0 Å². The van der Waals surface area contributed by atoms with Gasteiger partial charge < -0.3 is 0 Å². The first-order valence-corrected chi connectivity index (χ1v) is 4.65. The topological polar surface area (TPSA) is 53.0 Å². The van der Waals surface area contributed by atoms with E-state index >= 15 is 0 Å². The fourth-order valence-corrected chi connectivity index (χ4v) is 0.913. The molecule has 0 atom stereocenters. The van der Waals surface area contributed by atoms with Gasteiger partial charge in [-0.15, -0.1) is 0 Å². The second kappa shape index (κ2) is 6.73. The molecule has 1 N–H and O–H groups in total. The Hall–Kier alpha value is -0.387. The molecule has 0 radical (unpaired) electrons. The van der Waals surface area contributed by atoms with Crippen LogP contribution in [0.2, 0.25) is 0 Å². The molecule has 10 heavy (non-hydrogen) atoms. The molecule has 0 rings (SSSR count). The molecule has 56 valence electrons. The summed E-state index contributed by atoms with van der Waals surface area (Å²) >= 11 is -0.780. The van der Waals surface area contributed by atoms with Gasteiger partial charge in [0.2, 0.25) is 0 Å². The molecule has 0 aromatic rings. The summed E-state index contributed by atoms with van der Waals surface area (Å²) in [6, 6.07) is 0. The van der Waals surface area contributed by atoms with Crippen molar-refractivity contribution in [1.29, 1.82) is 5.53 Å². The molecule has 0 aliphatic rings. The van der Waals surface area contributed by atoms with E-state index in [2.05, 4.69) is 9.05 Å². The second-order valence-electron chi connectivity index (χ2n) is 1.94. The van der Waals surface area contributed by atoms with E-state index in [1.54, 1.807) is 0 Å². The average Bonchev–Trinajstić information content (AvgIpc) is 1.87. The first kappa shape index (κ1) is 9.61. The Balaban J connectivity index is 3.12. The van der Waals surface area contributed by atoms with Gasteiger partial charge in [0.1, 0.15) is 0 Å². The summed E-state index contributed by atoms with van der Waals surface area (Å²) in [5, 5.41) is 2.84. The molecule has 0 spiro atoms. The minimum absolute atomic E-state index is 0.687. The van der Waals surface area contributed by atoms with Crippen LogP contribution in [0.3, 0.4) is 0 Å². The Morgan fingerprint density at radius 1 is 1.70 bits per heavy atom. The molecular formula is C4H11GeN4O+. The summed E-state index contributed by atoms with van der Waals surface area (Å²) in [5.41, 5.74) is 6.32. The average molecular weight is 204 g/mol. The maximum atomic E-state index is 6.32. The first-order chi connectivity index (χ1) is 4.77. The van der Waals surface area contributed by atoms with Crippen LogP contribution in [0.4, 0.5) is 0 Å². The molecule has 0 saturated carbocycles. The van der Waals surface area contributed by atoms with Gasteiger partial charge in [0, 0.05) is 0 Å². The molecule has 0 aliphatic carbocycles. The fourth-order valence-electron chi connectivity index (χ4n) is 0.323. The summed E-state index contributed by atoms with van der Waals surface area (Å²) in [6.07, 6.45) is 0. The summed E-state index contributed by atoms with van der Waals surface area (Å²) in [5.74, 6) is 0. The number of likely N-dealkylation sites (N-methyl/N-ethyl adjacent to an activating group) is 1. The van der Waals surface area contributed by atoms with Gasteiger partial charge in [-0.3, -0.25) is 0 Å². The van der Waals surface area contributed by atoms with E-state index in [4.69, 9.17) is 9.29 Å². The zero-order chi connectivity index (χ0) is 7.82. The van der Waals surface area contributed by atoms with Crippen LogP contribution in [0.1, 0.15) is 0 Å². The third-order valence-corrected chi connectivity index (χ3v) is 1.88. The summed E-state index contributed by atoms with van der Waals surface area (Å²) in [7, 11) is 3.96. The maximum absolute atomic E-state index is 6.32. The molecule has 0 unspecified atom stereocenters. The van der Waals surface area contributed by atoms with Crippen LogP contribution in [0.5, 0.6) is 0 Å². The van der Waals surface area contributed by atoms with E-state index in [1.165, 1.54) is 0 Å². The van der Waals surface area contributed by atoms with Gasteiger partial charge in [-0.25, -0.2) is 0 Å². The van der Waals surface area contributed by atoms with Gasteiger partial charge in [0.25, 0.3) is 0 Å². The van der Waals surface area contributed by atoms with Crippen LogP contribution in [0, 0.1) is 5.53 Å². The van der Waals surface area contributed by atoms with Crippen molar-refractivity contribution in [2.24, 2.45) is 5.22 Å². The van der Waals surface area contributed by atoms with Crippen molar-refractivity contribution in [3.05, 3.63) is 3.83 Å². The van der Waals surface area contributed by atoms with E-state index in [1.807, 2.05) is 19.0 Å². The molecule has 0 saturated heterocycles. The van der Waals surface area contributed by atoms with Gasteiger partial charge >= 0.3 is 65.9 Å². The minimum atomic E-state index is -0.780. The predicted octanol–water partition coefficient (Wildman–Crippen LogP) is 0.418. The first-order valence-electron chi connectivity index (χ1n) is 2.85. The Bertz CT molecular complexity index is 149. The molecule has 6 heteroatoms. The van der Waals surface area contributed by atoms with Crippen molar-refractivity contribution >= 4 is 15.4 Å². The van der Waals surface area contributed by atoms with Crippen molar-refractivity contribution < 1.29 is 3.76 Å². The van der Waals surface area contributed by atoms with Crippen LogP contribution in [0.15, 0.2) is 5.22 Å². The van der Waals surface area contributed by atoms with Gasteiger partial charge in [-0.2, -0.15) is 0 Å². The van der Waals surface area contributed by atoms with Gasteiger partial charge in [0.15, 0.2) is 0 Å². The van der Waals surface area contributed by atoms with E-state index in [9.17, 15) is 0 Å². The SMILES string of the molecule is CN(C)CC[O][Ge]#[N+]N=N.